The van der Waals surface area contributed by atoms with Gasteiger partial charge in [0, 0.05) is 26.2 Å². The minimum absolute atomic E-state index is 0.0629. The predicted molar refractivity (Wildman–Crippen MR) is 97.0 cm³/mol. The molecule has 1 amide bonds. The van der Waals surface area contributed by atoms with Crippen molar-refractivity contribution in [2.24, 2.45) is 0 Å². The number of piperidine rings is 1. The highest BCUT2D eigenvalue weighted by Gasteiger charge is 2.30. The quantitative estimate of drug-likeness (QED) is 0.823. The number of benzene rings is 1. The summed E-state index contributed by atoms with van der Waals surface area (Å²) in [5.74, 6) is 0.905. The van der Waals surface area contributed by atoms with Crippen molar-refractivity contribution in [1.29, 1.82) is 0 Å². The van der Waals surface area contributed by atoms with Crippen LogP contribution in [0.2, 0.25) is 0 Å². The smallest absolute Gasteiger partial charge is 0.292 e. The van der Waals surface area contributed by atoms with Gasteiger partial charge >= 0.3 is 0 Å². The van der Waals surface area contributed by atoms with Gasteiger partial charge in [0.2, 0.25) is 5.76 Å². The van der Waals surface area contributed by atoms with Crippen LogP contribution >= 0.6 is 0 Å². The summed E-state index contributed by atoms with van der Waals surface area (Å²) in [6, 6.07) is 10.8. The second kappa shape index (κ2) is 8.39. The van der Waals surface area contributed by atoms with Crippen molar-refractivity contribution in [1.82, 2.24) is 9.80 Å². The van der Waals surface area contributed by atoms with E-state index in [1.54, 1.807) is 6.92 Å². The van der Waals surface area contributed by atoms with Crippen molar-refractivity contribution in [3.05, 3.63) is 47.4 Å². The van der Waals surface area contributed by atoms with E-state index in [1.807, 2.05) is 11.9 Å². The van der Waals surface area contributed by atoms with Gasteiger partial charge in [-0.15, -0.1) is 0 Å². The number of carbonyl (C=O) groups is 1. The van der Waals surface area contributed by atoms with Crippen molar-refractivity contribution in [3.63, 3.8) is 0 Å². The Hall–Kier alpha value is -2.01. The zero-order valence-corrected chi connectivity index (χ0v) is 15.2. The number of nitrogens with zero attached hydrogens (tertiary/aromatic N) is 2. The van der Waals surface area contributed by atoms with Crippen LogP contribution in [0.1, 0.15) is 25.3 Å². The molecule has 0 spiro atoms. The van der Waals surface area contributed by atoms with Crippen LogP contribution in [0.15, 0.2) is 41.9 Å². The van der Waals surface area contributed by atoms with E-state index < -0.39 is 0 Å². The minimum Gasteiger partial charge on any atom is -0.491 e. The van der Waals surface area contributed by atoms with Gasteiger partial charge in [0.1, 0.15) is 19.0 Å². The zero-order chi connectivity index (χ0) is 17.6. The van der Waals surface area contributed by atoms with E-state index in [1.165, 1.54) is 5.56 Å². The first-order chi connectivity index (χ1) is 12.1. The Kier molecular flexibility index (Phi) is 5.97. The van der Waals surface area contributed by atoms with E-state index in [0.717, 1.165) is 38.9 Å². The summed E-state index contributed by atoms with van der Waals surface area (Å²) in [6.07, 6.45) is 3.20. The average Bonchev–Trinajstić information content (AvgIpc) is 2.67. The third-order valence-corrected chi connectivity index (χ3v) is 5.07. The summed E-state index contributed by atoms with van der Waals surface area (Å²) in [5.41, 5.74) is 1.36. The molecular formula is C20H28N2O3. The molecule has 1 aromatic rings. The maximum Gasteiger partial charge on any atom is 0.292 e. The highest BCUT2D eigenvalue weighted by molar-refractivity contribution is 5.92. The molecular weight excluding hydrogens is 316 g/mol. The van der Waals surface area contributed by atoms with Crippen molar-refractivity contribution in [2.75, 3.05) is 39.9 Å². The molecule has 1 saturated heterocycles. The molecule has 0 saturated carbocycles. The van der Waals surface area contributed by atoms with Gasteiger partial charge in [0.05, 0.1) is 0 Å². The average molecular weight is 344 g/mol. The number of likely N-dealkylation sites (N-methyl/N-ethyl adjacent to an activating group) is 1. The van der Waals surface area contributed by atoms with Crippen LogP contribution in [0.4, 0.5) is 0 Å². The van der Waals surface area contributed by atoms with Gasteiger partial charge in [-0.3, -0.25) is 4.79 Å². The molecule has 1 aromatic carbocycles. The van der Waals surface area contributed by atoms with Gasteiger partial charge in [-0.05, 0) is 38.3 Å². The van der Waals surface area contributed by atoms with Crippen LogP contribution in [0.5, 0.6) is 0 Å². The fourth-order valence-corrected chi connectivity index (χ4v) is 3.53. The first-order valence-corrected chi connectivity index (χ1v) is 9.15. The number of rotatable bonds is 5. The minimum atomic E-state index is -0.0629. The second-order valence-corrected chi connectivity index (χ2v) is 6.83. The molecule has 2 aliphatic heterocycles. The highest BCUT2D eigenvalue weighted by Crippen LogP contribution is 2.20. The number of allylic oxidation sites excluding steroid dienone is 1. The Morgan fingerprint density at radius 2 is 2.00 bits per heavy atom. The van der Waals surface area contributed by atoms with Crippen LogP contribution in [0.3, 0.4) is 0 Å². The number of hydrogen-bond acceptors (Lipinski definition) is 4. The Bertz CT molecular complexity index is 615. The van der Waals surface area contributed by atoms with Crippen LogP contribution < -0.4 is 0 Å². The molecule has 0 aromatic heterocycles. The third kappa shape index (κ3) is 4.54. The predicted octanol–water partition coefficient (Wildman–Crippen LogP) is 2.43. The maximum atomic E-state index is 12.7. The van der Waals surface area contributed by atoms with Crippen LogP contribution in [-0.2, 0) is 20.7 Å². The number of likely N-dealkylation sites (tertiary alicyclic amines) is 1. The van der Waals surface area contributed by atoms with E-state index in [-0.39, 0.29) is 11.9 Å². The monoisotopic (exact) mass is 344 g/mol. The molecule has 2 heterocycles. The Morgan fingerprint density at radius 1 is 1.24 bits per heavy atom. The van der Waals surface area contributed by atoms with E-state index >= 15 is 0 Å². The van der Waals surface area contributed by atoms with Crippen molar-refractivity contribution >= 4 is 5.91 Å². The van der Waals surface area contributed by atoms with Crippen molar-refractivity contribution < 1.29 is 14.3 Å². The van der Waals surface area contributed by atoms with Gasteiger partial charge in [0.15, 0.2) is 0 Å². The van der Waals surface area contributed by atoms with E-state index in [4.69, 9.17) is 9.47 Å². The lowest BCUT2D eigenvalue weighted by Crippen LogP contribution is -2.49. The summed E-state index contributed by atoms with van der Waals surface area (Å²) in [6.45, 7) is 5.81. The molecule has 1 unspecified atom stereocenters. The van der Waals surface area contributed by atoms with Crippen molar-refractivity contribution in [3.8, 4) is 0 Å². The molecule has 136 valence electrons. The van der Waals surface area contributed by atoms with Crippen LogP contribution in [0.25, 0.3) is 0 Å². The second-order valence-electron chi connectivity index (χ2n) is 6.83. The fourth-order valence-electron chi connectivity index (χ4n) is 3.53. The Balaban J connectivity index is 1.56. The number of carbonyl (C=O) groups excluding carboxylic acids is 1. The zero-order valence-electron chi connectivity index (χ0n) is 15.2. The summed E-state index contributed by atoms with van der Waals surface area (Å²) in [7, 11) is 1.88. The molecule has 1 atom stereocenters. The maximum absolute atomic E-state index is 12.7. The van der Waals surface area contributed by atoms with Gasteiger partial charge < -0.3 is 19.3 Å². The molecule has 0 radical (unpaired) electrons. The summed E-state index contributed by atoms with van der Waals surface area (Å²) in [4.78, 5) is 17.0. The molecule has 0 N–H and O–H groups in total. The first kappa shape index (κ1) is 17.8. The molecule has 0 bridgehead atoms. The van der Waals surface area contributed by atoms with Crippen molar-refractivity contribution in [2.45, 2.75) is 32.2 Å². The third-order valence-electron chi connectivity index (χ3n) is 5.07. The lowest BCUT2D eigenvalue weighted by molar-refractivity contribution is -0.134. The topological polar surface area (TPSA) is 42.0 Å². The van der Waals surface area contributed by atoms with Gasteiger partial charge in [-0.1, -0.05) is 30.3 Å². The molecule has 5 heteroatoms. The van der Waals surface area contributed by atoms with E-state index in [9.17, 15) is 4.79 Å². The molecule has 5 nitrogen and oxygen atoms in total. The number of amides is 1. The molecule has 0 aliphatic carbocycles. The molecule has 1 fully saturated rings. The lowest BCUT2D eigenvalue weighted by Gasteiger charge is -2.38. The summed E-state index contributed by atoms with van der Waals surface area (Å²) >= 11 is 0. The lowest BCUT2D eigenvalue weighted by atomic mass is 10.0. The molecule has 2 aliphatic rings. The first-order valence-electron chi connectivity index (χ1n) is 9.15. The SMILES string of the molecule is CC1=C(C(=O)N(C)C2CCCN(CCc3ccccc3)C2)OCCO1. The normalized spacial score (nSPS) is 21.4. The number of hydrogen-bond donors (Lipinski definition) is 0. The van der Waals surface area contributed by atoms with E-state index in [2.05, 4.69) is 35.2 Å². The Labute approximate surface area is 150 Å². The van der Waals surface area contributed by atoms with Crippen LogP contribution in [-0.4, -0.2) is 61.6 Å². The van der Waals surface area contributed by atoms with Gasteiger partial charge in [-0.2, -0.15) is 0 Å². The fraction of sp³-hybridized carbons (Fsp3) is 0.550. The van der Waals surface area contributed by atoms with Gasteiger partial charge in [-0.25, -0.2) is 0 Å². The molecule has 25 heavy (non-hydrogen) atoms. The summed E-state index contributed by atoms with van der Waals surface area (Å²) < 4.78 is 11.0. The number of ether oxygens (including phenoxy) is 2. The van der Waals surface area contributed by atoms with Gasteiger partial charge in [0.25, 0.3) is 5.91 Å². The largest absolute Gasteiger partial charge is 0.491 e. The summed E-state index contributed by atoms with van der Waals surface area (Å²) in [5, 5.41) is 0. The Morgan fingerprint density at radius 3 is 2.76 bits per heavy atom. The highest BCUT2D eigenvalue weighted by atomic mass is 16.6. The standard InChI is InChI=1S/C20H28N2O3/c1-16-19(25-14-13-24-16)20(23)21(2)18-9-6-11-22(15-18)12-10-17-7-4-3-5-8-17/h3-5,7-8,18H,6,9-15H2,1-2H3. The van der Waals surface area contributed by atoms with Crippen LogP contribution in [0, 0.1) is 0 Å². The molecule has 3 rings (SSSR count). The van der Waals surface area contributed by atoms with E-state index in [0.29, 0.717) is 24.7 Å².